The highest BCUT2D eigenvalue weighted by molar-refractivity contribution is 5.55. The van der Waals surface area contributed by atoms with Gasteiger partial charge in [-0.2, -0.15) is 5.26 Å². The molecule has 0 aliphatic heterocycles. The second-order valence-corrected chi connectivity index (χ2v) is 10.2. The minimum absolute atomic E-state index is 0.0746. The Bertz CT molecular complexity index is 840. The van der Waals surface area contributed by atoms with Crippen molar-refractivity contribution in [1.29, 1.82) is 5.26 Å². The van der Waals surface area contributed by atoms with Crippen molar-refractivity contribution in [3.8, 4) is 17.5 Å². The Labute approximate surface area is 202 Å². The van der Waals surface area contributed by atoms with Gasteiger partial charge < -0.3 is 0 Å². The van der Waals surface area contributed by atoms with Crippen LogP contribution in [-0.4, -0.2) is 9.97 Å². The predicted molar refractivity (Wildman–Crippen MR) is 138 cm³/mol. The van der Waals surface area contributed by atoms with Gasteiger partial charge in [0.05, 0.1) is 11.5 Å². The molecular weight excluding hydrogens is 402 g/mol. The van der Waals surface area contributed by atoms with E-state index in [0.29, 0.717) is 5.92 Å². The van der Waals surface area contributed by atoms with E-state index in [1.54, 1.807) is 0 Å². The molecule has 1 aliphatic rings. The predicted octanol–water partition coefficient (Wildman–Crippen LogP) is 8.79. The molecule has 3 rings (SSSR count). The number of aromatic nitrogens is 2. The van der Waals surface area contributed by atoms with Gasteiger partial charge in [-0.1, -0.05) is 89.5 Å². The van der Waals surface area contributed by atoms with E-state index in [0.717, 1.165) is 49.9 Å². The first kappa shape index (κ1) is 25.4. The fourth-order valence-electron chi connectivity index (χ4n) is 5.28. The van der Waals surface area contributed by atoms with Gasteiger partial charge in [-0.3, -0.25) is 0 Å². The highest BCUT2D eigenvalue weighted by Gasteiger charge is 2.35. The summed E-state index contributed by atoms with van der Waals surface area (Å²) in [5.41, 5.74) is 3.65. The van der Waals surface area contributed by atoms with Gasteiger partial charge in [0.15, 0.2) is 5.82 Å². The van der Waals surface area contributed by atoms with Crippen LogP contribution in [0, 0.1) is 16.7 Å². The summed E-state index contributed by atoms with van der Waals surface area (Å²) in [5.74, 6) is 1.39. The molecule has 1 fully saturated rings. The number of nitrogens with zero attached hydrogens (tertiary/aromatic N) is 3. The maximum Gasteiger partial charge on any atom is 0.159 e. The van der Waals surface area contributed by atoms with Gasteiger partial charge in [0.2, 0.25) is 0 Å². The van der Waals surface area contributed by atoms with Gasteiger partial charge in [0.25, 0.3) is 0 Å². The lowest BCUT2D eigenvalue weighted by Gasteiger charge is -2.35. The van der Waals surface area contributed by atoms with Crippen molar-refractivity contribution < 1.29 is 0 Å². The van der Waals surface area contributed by atoms with Gasteiger partial charge in [0, 0.05) is 18.0 Å². The molecule has 0 amide bonds. The maximum absolute atomic E-state index is 9.89. The molecule has 0 bridgehead atoms. The summed E-state index contributed by atoms with van der Waals surface area (Å²) in [5, 5.41) is 9.89. The van der Waals surface area contributed by atoms with Crippen LogP contribution in [-0.2, 0) is 6.42 Å². The summed E-state index contributed by atoms with van der Waals surface area (Å²) in [7, 11) is 0. The first-order chi connectivity index (χ1) is 16.2. The summed E-state index contributed by atoms with van der Waals surface area (Å²) >= 11 is 0. The van der Waals surface area contributed by atoms with Crippen molar-refractivity contribution in [2.24, 2.45) is 5.41 Å². The van der Waals surface area contributed by atoms with E-state index in [1.807, 2.05) is 12.4 Å². The molecule has 0 atom stereocenters. The van der Waals surface area contributed by atoms with Gasteiger partial charge in [-0.05, 0) is 62.0 Å². The van der Waals surface area contributed by atoms with Gasteiger partial charge >= 0.3 is 0 Å². The third kappa shape index (κ3) is 7.66. The number of unbranched alkanes of at least 4 members (excludes halogenated alkanes) is 7. The molecule has 33 heavy (non-hydrogen) atoms. The number of nitriles is 1. The van der Waals surface area contributed by atoms with Crippen LogP contribution in [0.25, 0.3) is 11.4 Å². The number of rotatable bonds is 13. The molecule has 1 heterocycles. The van der Waals surface area contributed by atoms with Crippen LogP contribution in [0.4, 0.5) is 0 Å². The average Bonchev–Trinajstić information content (AvgIpc) is 2.87. The molecule has 1 saturated carbocycles. The lowest BCUT2D eigenvalue weighted by molar-refractivity contribution is 0.223. The minimum atomic E-state index is -0.0746. The Morgan fingerprint density at radius 1 is 0.848 bits per heavy atom. The fraction of sp³-hybridized carbons (Fsp3) is 0.633. The highest BCUT2D eigenvalue weighted by Crippen LogP contribution is 2.45. The third-order valence-electron chi connectivity index (χ3n) is 7.60. The molecule has 3 nitrogen and oxygen atoms in total. The molecule has 1 aliphatic carbocycles. The molecule has 0 N–H and O–H groups in total. The zero-order chi connectivity index (χ0) is 23.4. The maximum atomic E-state index is 9.89. The normalized spacial score (nSPS) is 20.5. The molecule has 2 aromatic rings. The van der Waals surface area contributed by atoms with E-state index in [4.69, 9.17) is 0 Å². The van der Waals surface area contributed by atoms with E-state index in [-0.39, 0.29) is 5.41 Å². The van der Waals surface area contributed by atoms with Crippen molar-refractivity contribution >= 4 is 0 Å². The van der Waals surface area contributed by atoms with E-state index >= 15 is 0 Å². The van der Waals surface area contributed by atoms with Crippen LogP contribution in [0.15, 0.2) is 36.7 Å². The lowest BCUT2D eigenvalue weighted by atomic mass is 9.67. The van der Waals surface area contributed by atoms with Gasteiger partial charge in [-0.15, -0.1) is 0 Å². The summed E-state index contributed by atoms with van der Waals surface area (Å²) in [6, 6.07) is 11.6. The number of aryl methyl sites for hydroxylation is 1. The highest BCUT2D eigenvalue weighted by atomic mass is 14.9. The van der Waals surface area contributed by atoms with Crippen molar-refractivity contribution in [2.45, 2.75) is 116 Å². The molecule has 178 valence electrons. The molecule has 0 saturated heterocycles. The zero-order valence-corrected chi connectivity index (χ0v) is 21.0. The summed E-state index contributed by atoms with van der Waals surface area (Å²) in [4.78, 5) is 9.24. The summed E-state index contributed by atoms with van der Waals surface area (Å²) < 4.78 is 0. The number of hydrogen-bond acceptors (Lipinski definition) is 3. The summed E-state index contributed by atoms with van der Waals surface area (Å²) in [6.07, 6.45) is 22.0. The van der Waals surface area contributed by atoms with Gasteiger partial charge in [-0.25, -0.2) is 9.97 Å². The van der Waals surface area contributed by atoms with Crippen LogP contribution in [0.5, 0.6) is 0 Å². The molecule has 1 aromatic heterocycles. The topological polar surface area (TPSA) is 49.6 Å². The quantitative estimate of drug-likeness (QED) is 0.289. The first-order valence-corrected chi connectivity index (χ1v) is 13.5. The standard InChI is InChI=1S/C30H43N3/c1-3-5-7-9-11-19-30(24-31)20-17-27(18-21-30)26-13-15-28(16-14-26)29-32-22-25(23-33-29)12-10-8-6-4-2/h13-16,22-23,27H,3-12,17-21H2,1-2H3. The smallest absolute Gasteiger partial charge is 0.159 e. The van der Waals surface area contributed by atoms with E-state index in [2.05, 4.69) is 54.2 Å². The van der Waals surface area contributed by atoms with Crippen LogP contribution in [0.1, 0.15) is 121 Å². The second kappa shape index (κ2) is 13.5. The largest absolute Gasteiger partial charge is 0.236 e. The molecule has 0 radical (unpaired) electrons. The Morgan fingerprint density at radius 2 is 1.45 bits per heavy atom. The number of hydrogen-bond donors (Lipinski definition) is 0. The van der Waals surface area contributed by atoms with Crippen LogP contribution < -0.4 is 0 Å². The Kier molecular flexibility index (Phi) is 10.4. The van der Waals surface area contributed by atoms with E-state index < -0.39 is 0 Å². The second-order valence-electron chi connectivity index (χ2n) is 10.2. The molecule has 3 heteroatoms. The Balaban J connectivity index is 1.50. The van der Waals surface area contributed by atoms with E-state index in [9.17, 15) is 5.26 Å². The van der Waals surface area contributed by atoms with Crippen molar-refractivity contribution in [1.82, 2.24) is 9.97 Å². The van der Waals surface area contributed by atoms with Crippen LogP contribution in [0.3, 0.4) is 0 Å². The SMILES string of the molecule is CCCCCCCC1(C#N)CCC(c2ccc(-c3ncc(CCCCCC)cn3)cc2)CC1. The molecule has 0 spiro atoms. The fourth-order valence-corrected chi connectivity index (χ4v) is 5.28. The van der Waals surface area contributed by atoms with Crippen LogP contribution in [0.2, 0.25) is 0 Å². The molecule has 0 unspecified atom stereocenters. The van der Waals surface area contributed by atoms with E-state index in [1.165, 1.54) is 68.9 Å². The number of benzene rings is 1. The Hall–Kier alpha value is -2.21. The zero-order valence-electron chi connectivity index (χ0n) is 21.0. The lowest BCUT2D eigenvalue weighted by Crippen LogP contribution is -2.25. The van der Waals surface area contributed by atoms with Crippen LogP contribution >= 0.6 is 0 Å². The Morgan fingerprint density at radius 3 is 2.06 bits per heavy atom. The van der Waals surface area contributed by atoms with Gasteiger partial charge in [0.1, 0.15) is 0 Å². The first-order valence-electron chi connectivity index (χ1n) is 13.5. The monoisotopic (exact) mass is 445 g/mol. The van der Waals surface area contributed by atoms with Crippen molar-refractivity contribution in [2.75, 3.05) is 0 Å². The van der Waals surface area contributed by atoms with Crippen molar-refractivity contribution in [3.05, 3.63) is 47.8 Å². The molecule has 1 aromatic carbocycles. The molecular formula is C30H43N3. The minimum Gasteiger partial charge on any atom is -0.236 e. The average molecular weight is 446 g/mol. The van der Waals surface area contributed by atoms with Crippen molar-refractivity contribution in [3.63, 3.8) is 0 Å². The summed E-state index contributed by atoms with van der Waals surface area (Å²) in [6.45, 7) is 4.50. The third-order valence-corrected chi connectivity index (χ3v) is 7.60.